The van der Waals surface area contributed by atoms with Gasteiger partial charge in [0.1, 0.15) is 18.2 Å². The predicted molar refractivity (Wildman–Crippen MR) is 132 cm³/mol. The third kappa shape index (κ3) is 6.12. The molecule has 3 aromatic carbocycles. The van der Waals surface area contributed by atoms with Gasteiger partial charge >= 0.3 is 0 Å². The molecule has 166 valence electrons. The van der Waals surface area contributed by atoms with E-state index in [1.54, 1.807) is 42.5 Å². The van der Waals surface area contributed by atoms with Crippen LogP contribution in [-0.2, 0) is 13.0 Å². The van der Waals surface area contributed by atoms with Crippen molar-refractivity contribution in [3.8, 4) is 17.6 Å². The van der Waals surface area contributed by atoms with Gasteiger partial charge in [-0.2, -0.15) is 5.26 Å². The highest BCUT2D eigenvalue weighted by Crippen LogP contribution is 2.36. The van der Waals surface area contributed by atoms with E-state index in [2.05, 4.69) is 6.58 Å². The molecular weight excluding hydrogens is 434 g/mol. The third-order valence-electron chi connectivity index (χ3n) is 4.86. The van der Waals surface area contributed by atoms with Crippen LogP contribution in [0.25, 0.3) is 6.08 Å². The van der Waals surface area contributed by atoms with Crippen molar-refractivity contribution in [1.82, 2.24) is 0 Å². The van der Waals surface area contributed by atoms with Gasteiger partial charge in [-0.1, -0.05) is 66.2 Å². The van der Waals surface area contributed by atoms with Crippen LogP contribution in [0, 0.1) is 11.3 Å². The average molecular weight is 458 g/mol. The van der Waals surface area contributed by atoms with Gasteiger partial charge in [-0.25, -0.2) is 0 Å². The highest BCUT2D eigenvalue weighted by molar-refractivity contribution is 6.31. The first-order valence-corrected chi connectivity index (χ1v) is 10.9. The van der Waals surface area contributed by atoms with Gasteiger partial charge in [0.25, 0.3) is 0 Å². The second-order valence-electron chi connectivity index (χ2n) is 7.18. The van der Waals surface area contributed by atoms with Crippen molar-refractivity contribution < 1.29 is 14.3 Å². The lowest BCUT2D eigenvalue weighted by Crippen LogP contribution is -2.04. The molecule has 0 aliphatic heterocycles. The molecule has 3 rings (SSSR count). The first kappa shape index (κ1) is 23.8. The molecule has 33 heavy (non-hydrogen) atoms. The number of halogens is 1. The van der Waals surface area contributed by atoms with E-state index in [1.165, 1.54) is 0 Å². The fourth-order valence-corrected chi connectivity index (χ4v) is 3.52. The Hall–Kier alpha value is -3.81. The number of allylic oxidation sites excluding steroid dienone is 2. The van der Waals surface area contributed by atoms with Gasteiger partial charge in [0.05, 0.1) is 6.61 Å². The summed E-state index contributed by atoms with van der Waals surface area (Å²) in [5.41, 5.74) is 2.86. The smallest absolute Gasteiger partial charge is 0.203 e. The molecule has 0 spiro atoms. The standard InChI is InChI=1S/C28H24ClNO3/c1-3-10-22-15-20(16-24(18-30)27(31)21-11-6-5-7-12-21)17-26(32-4-2)28(22)33-19-23-13-8-9-14-25(23)29/h3,5-9,11-17H,1,4,10,19H2,2H3/b24-16-. The van der Waals surface area contributed by atoms with Gasteiger partial charge < -0.3 is 9.47 Å². The topological polar surface area (TPSA) is 59.3 Å². The van der Waals surface area contributed by atoms with Crippen LogP contribution in [0.15, 0.2) is 85.0 Å². The van der Waals surface area contributed by atoms with Gasteiger partial charge in [-0.15, -0.1) is 6.58 Å². The number of Topliss-reactive ketones (excluding diaryl/α,β-unsaturated/α-hetero) is 1. The minimum atomic E-state index is -0.333. The Morgan fingerprint density at radius 1 is 1.06 bits per heavy atom. The number of hydrogen-bond acceptors (Lipinski definition) is 4. The zero-order chi connectivity index (χ0) is 23.6. The fraction of sp³-hybridized carbons (Fsp3) is 0.143. The fourth-order valence-electron chi connectivity index (χ4n) is 3.33. The molecule has 0 atom stereocenters. The molecule has 0 aliphatic carbocycles. The molecule has 0 unspecified atom stereocenters. The van der Waals surface area contributed by atoms with Gasteiger partial charge in [0, 0.05) is 21.7 Å². The molecule has 0 N–H and O–H groups in total. The summed E-state index contributed by atoms with van der Waals surface area (Å²) in [5.74, 6) is 0.779. The number of ether oxygens (including phenoxy) is 2. The van der Waals surface area contributed by atoms with E-state index in [-0.39, 0.29) is 18.0 Å². The normalized spacial score (nSPS) is 10.9. The lowest BCUT2D eigenvalue weighted by atomic mass is 9.99. The van der Waals surface area contributed by atoms with Gasteiger partial charge in [0.15, 0.2) is 11.5 Å². The Labute approximate surface area is 199 Å². The van der Waals surface area contributed by atoms with Crippen LogP contribution in [0.2, 0.25) is 5.02 Å². The number of benzene rings is 3. The molecule has 0 aromatic heterocycles. The Morgan fingerprint density at radius 3 is 2.45 bits per heavy atom. The van der Waals surface area contributed by atoms with Crippen molar-refractivity contribution in [2.75, 3.05) is 6.61 Å². The summed E-state index contributed by atoms with van der Waals surface area (Å²) < 4.78 is 12.0. The molecule has 0 radical (unpaired) electrons. The number of rotatable bonds is 10. The average Bonchev–Trinajstić information content (AvgIpc) is 2.83. The molecule has 4 nitrogen and oxygen atoms in total. The molecule has 0 aliphatic rings. The SMILES string of the molecule is C=CCc1cc(/C=C(/C#N)C(=O)c2ccccc2)cc(OCC)c1OCc1ccccc1Cl. The predicted octanol–water partition coefficient (Wildman–Crippen LogP) is 6.84. The molecule has 0 fully saturated rings. The highest BCUT2D eigenvalue weighted by Gasteiger charge is 2.16. The second kappa shape index (κ2) is 11.7. The summed E-state index contributed by atoms with van der Waals surface area (Å²) in [7, 11) is 0. The minimum absolute atomic E-state index is 0.0398. The van der Waals surface area contributed by atoms with Crippen LogP contribution in [0.5, 0.6) is 11.5 Å². The van der Waals surface area contributed by atoms with Gasteiger partial charge in [0.2, 0.25) is 5.78 Å². The van der Waals surface area contributed by atoms with Crippen LogP contribution in [-0.4, -0.2) is 12.4 Å². The number of nitriles is 1. The van der Waals surface area contributed by atoms with E-state index >= 15 is 0 Å². The van der Waals surface area contributed by atoms with Crippen molar-refractivity contribution in [3.05, 3.63) is 112 Å². The van der Waals surface area contributed by atoms with Crippen molar-refractivity contribution in [1.29, 1.82) is 5.26 Å². The summed E-state index contributed by atoms with van der Waals surface area (Å²) in [5, 5.41) is 10.3. The molecule has 5 heteroatoms. The molecule has 3 aromatic rings. The Morgan fingerprint density at radius 2 is 1.79 bits per heavy atom. The lowest BCUT2D eigenvalue weighted by Gasteiger charge is -2.17. The van der Waals surface area contributed by atoms with E-state index in [9.17, 15) is 10.1 Å². The summed E-state index contributed by atoms with van der Waals surface area (Å²) in [6, 6.07) is 21.9. The van der Waals surface area contributed by atoms with E-state index in [1.807, 2.05) is 49.4 Å². The Balaban J connectivity index is 2.00. The van der Waals surface area contributed by atoms with Crippen molar-refractivity contribution >= 4 is 23.5 Å². The van der Waals surface area contributed by atoms with Crippen LogP contribution < -0.4 is 9.47 Å². The maximum absolute atomic E-state index is 12.8. The van der Waals surface area contributed by atoms with E-state index in [0.29, 0.717) is 40.7 Å². The van der Waals surface area contributed by atoms with E-state index in [4.69, 9.17) is 21.1 Å². The Bertz CT molecular complexity index is 1210. The first-order chi connectivity index (χ1) is 16.1. The summed E-state index contributed by atoms with van der Waals surface area (Å²) in [4.78, 5) is 12.8. The number of hydrogen-bond donors (Lipinski definition) is 0. The molecule has 0 saturated heterocycles. The lowest BCUT2D eigenvalue weighted by molar-refractivity contribution is 0.104. The summed E-state index contributed by atoms with van der Waals surface area (Å²) in [6.45, 7) is 6.42. The molecule has 0 heterocycles. The zero-order valence-corrected chi connectivity index (χ0v) is 19.1. The molecule has 0 amide bonds. The summed E-state index contributed by atoms with van der Waals surface area (Å²) >= 11 is 6.27. The summed E-state index contributed by atoms with van der Waals surface area (Å²) in [6.07, 6.45) is 3.86. The minimum Gasteiger partial charge on any atom is -0.490 e. The molecule has 0 bridgehead atoms. The quantitative estimate of drug-likeness (QED) is 0.145. The largest absolute Gasteiger partial charge is 0.490 e. The maximum atomic E-state index is 12.8. The highest BCUT2D eigenvalue weighted by atomic mass is 35.5. The first-order valence-electron chi connectivity index (χ1n) is 10.6. The van der Waals surface area contributed by atoms with E-state index < -0.39 is 0 Å². The van der Waals surface area contributed by atoms with Crippen molar-refractivity contribution in [2.45, 2.75) is 20.0 Å². The molecule has 0 saturated carbocycles. The number of carbonyl (C=O) groups is 1. The van der Waals surface area contributed by atoms with Crippen molar-refractivity contribution in [2.24, 2.45) is 0 Å². The number of nitrogens with zero attached hydrogens (tertiary/aromatic N) is 1. The van der Waals surface area contributed by atoms with Crippen LogP contribution >= 0.6 is 11.6 Å². The zero-order valence-electron chi connectivity index (χ0n) is 18.4. The van der Waals surface area contributed by atoms with Crippen LogP contribution in [0.1, 0.15) is 34.0 Å². The van der Waals surface area contributed by atoms with Gasteiger partial charge in [-0.3, -0.25) is 4.79 Å². The van der Waals surface area contributed by atoms with Crippen LogP contribution in [0.4, 0.5) is 0 Å². The molecular formula is C28H24ClNO3. The Kier molecular flexibility index (Phi) is 8.46. The number of carbonyl (C=O) groups excluding carboxylic acids is 1. The van der Waals surface area contributed by atoms with Gasteiger partial charge in [-0.05, 0) is 43.2 Å². The second-order valence-corrected chi connectivity index (χ2v) is 7.59. The monoisotopic (exact) mass is 457 g/mol. The maximum Gasteiger partial charge on any atom is 0.203 e. The number of ketones is 1. The van der Waals surface area contributed by atoms with E-state index in [0.717, 1.165) is 11.1 Å². The van der Waals surface area contributed by atoms with Crippen LogP contribution in [0.3, 0.4) is 0 Å². The van der Waals surface area contributed by atoms with Crippen molar-refractivity contribution in [3.63, 3.8) is 0 Å². The third-order valence-corrected chi connectivity index (χ3v) is 5.23.